The monoisotopic (exact) mass is 294 g/mol. The first kappa shape index (κ1) is 15.6. The summed E-state index contributed by atoms with van der Waals surface area (Å²) in [6.45, 7) is 3.79. The van der Waals surface area contributed by atoms with Gasteiger partial charge in [0.2, 0.25) is 0 Å². The van der Waals surface area contributed by atoms with E-state index in [1.54, 1.807) is 31.2 Å². The lowest BCUT2D eigenvalue weighted by Crippen LogP contribution is -2.30. The van der Waals surface area contributed by atoms with Crippen LogP contribution in [0.5, 0.6) is 5.75 Å². The Hall–Kier alpha value is -2.80. The lowest BCUT2D eigenvalue weighted by atomic mass is 10.2. The third kappa shape index (κ3) is 4.10. The van der Waals surface area contributed by atoms with Crippen LogP contribution in [-0.4, -0.2) is 12.0 Å². The number of hydrogen-bond donors (Lipinski definition) is 1. The zero-order chi connectivity index (χ0) is 15.9. The number of hydrogen-bond acceptors (Lipinski definition) is 3. The van der Waals surface area contributed by atoms with Gasteiger partial charge in [-0.15, -0.1) is 0 Å². The van der Waals surface area contributed by atoms with Gasteiger partial charge in [0.1, 0.15) is 5.75 Å². The van der Waals surface area contributed by atoms with E-state index in [-0.39, 0.29) is 5.91 Å². The number of nitrogens with one attached hydrogen (secondary N) is 1. The molecule has 0 bridgehead atoms. The molecule has 0 aliphatic heterocycles. The number of carbonyl (C=O) groups excluding carboxylic acids is 1. The fourth-order valence-corrected chi connectivity index (χ4v) is 1.93. The number of carbonyl (C=O) groups is 1. The van der Waals surface area contributed by atoms with Crippen LogP contribution in [0.25, 0.3) is 0 Å². The molecule has 2 rings (SSSR count). The summed E-state index contributed by atoms with van der Waals surface area (Å²) in [7, 11) is 0. The summed E-state index contributed by atoms with van der Waals surface area (Å²) >= 11 is 0. The predicted octanol–water partition coefficient (Wildman–Crippen LogP) is 3.53. The minimum Gasteiger partial charge on any atom is -0.481 e. The minimum absolute atomic E-state index is 0.232. The van der Waals surface area contributed by atoms with Crippen LogP contribution >= 0.6 is 0 Å². The number of amides is 1. The molecule has 0 heterocycles. The Labute approximate surface area is 130 Å². The fourth-order valence-electron chi connectivity index (χ4n) is 1.93. The van der Waals surface area contributed by atoms with Gasteiger partial charge in [-0.2, -0.15) is 5.26 Å². The van der Waals surface area contributed by atoms with E-state index in [1.807, 2.05) is 30.3 Å². The van der Waals surface area contributed by atoms with Crippen molar-refractivity contribution in [3.63, 3.8) is 0 Å². The van der Waals surface area contributed by atoms with E-state index in [1.165, 1.54) is 5.56 Å². The molecule has 4 heteroatoms. The SMILES string of the molecule is CCc1ccc(O[C@@H](C)C(=O)Nc2ccc(C#N)cc2)cc1. The van der Waals surface area contributed by atoms with Crippen molar-refractivity contribution < 1.29 is 9.53 Å². The molecule has 0 aliphatic rings. The van der Waals surface area contributed by atoms with Crippen LogP contribution in [0.1, 0.15) is 25.0 Å². The molecular formula is C18H18N2O2. The largest absolute Gasteiger partial charge is 0.481 e. The van der Waals surface area contributed by atoms with E-state index in [9.17, 15) is 4.79 Å². The van der Waals surface area contributed by atoms with E-state index in [2.05, 4.69) is 12.2 Å². The van der Waals surface area contributed by atoms with Gasteiger partial charge in [0.05, 0.1) is 11.6 Å². The van der Waals surface area contributed by atoms with Gasteiger partial charge in [-0.25, -0.2) is 0 Å². The molecular weight excluding hydrogens is 276 g/mol. The van der Waals surface area contributed by atoms with Crippen LogP contribution in [0.4, 0.5) is 5.69 Å². The van der Waals surface area contributed by atoms with Gasteiger partial charge in [0, 0.05) is 5.69 Å². The molecule has 1 atom stereocenters. The Kier molecular flexibility index (Phi) is 5.16. The van der Waals surface area contributed by atoms with Crippen LogP contribution in [0.15, 0.2) is 48.5 Å². The Morgan fingerprint density at radius 2 is 1.82 bits per heavy atom. The highest BCUT2D eigenvalue weighted by Gasteiger charge is 2.14. The normalized spacial score (nSPS) is 11.3. The van der Waals surface area contributed by atoms with Crippen molar-refractivity contribution in [3.05, 3.63) is 59.7 Å². The highest BCUT2D eigenvalue weighted by atomic mass is 16.5. The Bertz CT molecular complexity index is 670. The zero-order valence-electron chi connectivity index (χ0n) is 12.7. The topological polar surface area (TPSA) is 62.1 Å². The molecule has 22 heavy (non-hydrogen) atoms. The van der Waals surface area contributed by atoms with Crippen molar-refractivity contribution >= 4 is 11.6 Å². The maximum Gasteiger partial charge on any atom is 0.265 e. The number of nitriles is 1. The van der Waals surface area contributed by atoms with Crippen molar-refractivity contribution in [2.75, 3.05) is 5.32 Å². The van der Waals surface area contributed by atoms with E-state index in [0.717, 1.165) is 6.42 Å². The molecule has 2 aromatic rings. The van der Waals surface area contributed by atoms with Crippen LogP contribution in [0, 0.1) is 11.3 Å². The second-order valence-corrected chi connectivity index (χ2v) is 4.94. The molecule has 112 valence electrons. The molecule has 2 aromatic carbocycles. The first-order chi connectivity index (χ1) is 10.6. The first-order valence-corrected chi connectivity index (χ1v) is 7.19. The molecule has 0 aromatic heterocycles. The van der Waals surface area contributed by atoms with E-state index >= 15 is 0 Å². The smallest absolute Gasteiger partial charge is 0.265 e. The molecule has 1 amide bonds. The standard InChI is InChI=1S/C18H18N2O2/c1-3-14-6-10-17(11-7-14)22-13(2)18(21)20-16-8-4-15(12-19)5-9-16/h4-11,13H,3H2,1-2H3,(H,20,21)/t13-/m0/s1. The lowest BCUT2D eigenvalue weighted by Gasteiger charge is -2.15. The average molecular weight is 294 g/mol. The van der Waals surface area contributed by atoms with Gasteiger partial charge in [0.15, 0.2) is 6.10 Å². The van der Waals surface area contributed by atoms with Gasteiger partial charge in [0.25, 0.3) is 5.91 Å². The van der Waals surface area contributed by atoms with E-state index in [4.69, 9.17) is 10.00 Å². The second kappa shape index (κ2) is 7.28. The molecule has 0 aliphatic carbocycles. The Morgan fingerprint density at radius 1 is 1.18 bits per heavy atom. The highest BCUT2D eigenvalue weighted by molar-refractivity contribution is 5.94. The van der Waals surface area contributed by atoms with Crippen molar-refractivity contribution in [2.24, 2.45) is 0 Å². The summed E-state index contributed by atoms with van der Waals surface area (Å²) < 4.78 is 5.63. The summed E-state index contributed by atoms with van der Waals surface area (Å²) in [5.41, 5.74) is 2.42. The Balaban J connectivity index is 1.94. The van der Waals surface area contributed by atoms with Crippen LogP contribution in [-0.2, 0) is 11.2 Å². The Morgan fingerprint density at radius 3 is 2.36 bits per heavy atom. The van der Waals surface area contributed by atoms with E-state index < -0.39 is 6.10 Å². The summed E-state index contributed by atoms with van der Waals surface area (Å²) in [6.07, 6.45) is 0.359. The molecule has 1 N–H and O–H groups in total. The molecule has 0 unspecified atom stereocenters. The number of rotatable bonds is 5. The highest BCUT2D eigenvalue weighted by Crippen LogP contribution is 2.15. The number of anilines is 1. The quantitative estimate of drug-likeness (QED) is 0.917. The second-order valence-electron chi connectivity index (χ2n) is 4.94. The maximum absolute atomic E-state index is 12.1. The molecule has 4 nitrogen and oxygen atoms in total. The molecule has 0 saturated heterocycles. The minimum atomic E-state index is -0.608. The van der Waals surface area contributed by atoms with Gasteiger partial charge < -0.3 is 10.1 Å². The summed E-state index contributed by atoms with van der Waals surface area (Å²) in [6, 6.07) is 16.4. The lowest BCUT2D eigenvalue weighted by molar-refractivity contribution is -0.122. The van der Waals surface area contributed by atoms with Gasteiger partial charge in [-0.05, 0) is 55.3 Å². The summed E-state index contributed by atoms with van der Waals surface area (Å²) in [4.78, 5) is 12.1. The fraction of sp³-hybridized carbons (Fsp3) is 0.222. The zero-order valence-corrected chi connectivity index (χ0v) is 12.7. The van der Waals surface area contributed by atoms with Crippen LogP contribution < -0.4 is 10.1 Å². The number of nitrogens with zero attached hydrogens (tertiary/aromatic N) is 1. The third-order valence-corrected chi connectivity index (χ3v) is 3.30. The van der Waals surface area contributed by atoms with Crippen molar-refractivity contribution in [3.8, 4) is 11.8 Å². The van der Waals surface area contributed by atoms with Crippen molar-refractivity contribution in [2.45, 2.75) is 26.4 Å². The summed E-state index contributed by atoms with van der Waals surface area (Å²) in [5.74, 6) is 0.434. The summed E-state index contributed by atoms with van der Waals surface area (Å²) in [5, 5.41) is 11.5. The third-order valence-electron chi connectivity index (χ3n) is 3.30. The number of benzene rings is 2. The number of aryl methyl sites for hydroxylation is 1. The number of ether oxygens (including phenoxy) is 1. The van der Waals surface area contributed by atoms with Crippen LogP contribution in [0.2, 0.25) is 0 Å². The molecule has 0 spiro atoms. The van der Waals surface area contributed by atoms with Crippen LogP contribution in [0.3, 0.4) is 0 Å². The first-order valence-electron chi connectivity index (χ1n) is 7.19. The van der Waals surface area contributed by atoms with Gasteiger partial charge >= 0.3 is 0 Å². The maximum atomic E-state index is 12.1. The van der Waals surface area contributed by atoms with Gasteiger partial charge in [-0.3, -0.25) is 4.79 Å². The average Bonchev–Trinajstić information content (AvgIpc) is 2.56. The van der Waals surface area contributed by atoms with Crippen molar-refractivity contribution in [1.82, 2.24) is 0 Å². The predicted molar refractivity (Wildman–Crippen MR) is 85.7 cm³/mol. The van der Waals surface area contributed by atoms with Crippen molar-refractivity contribution in [1.29, 1.82) is 5.26 Å². The molecule has 0 saturated carbocycles. The molecule has 0 radical (unpaired) electrons. The molecule has 0 fully saturated rings. The van der Waals surface area contributed by atoms with E-state index in [0.29, 0.717) is 17.0 Å². The van der Waals surface area contributed by atoms with Gasteiger partial charge in [-0.1, -0.05) is 19.1 Å².